The van der Waals surface area contributed by atoms with Crippen LogP contribution in [0.1, 0.15) is 19.8 Å². The van der Waals surface area contributed by atoms with Gasteiger partial charge in [0.2, 0.25) is 0 Å². The molecule has 2 N–H and O–H groups in total. The molecule has 1 aliphatic heterocycles. The van der Waals surface area contributed by atoms with Gasteiger partial charge in [0.15, 0.2) is 0 Å². The topological polar surface area (TPSA) is 24.1 Å². The van der Waals surface area contributed by atoms with E-state index in [0.717, 1.165) is 12.2 Å². The highest BCUT2D eigenvalue weighted by atomic mass is 15.0. The molecule has 1 heterocycles. The van der Waals surface area contributed by atoms with Gasteiger partial charge in [-0.05, 0) is 32.4 Å². The molecule has 0 bridgehead atoms. The van der Waals surface area contributed by atoms with Gasteiger partial charge in [-0.25, -0.2) is 0 Å². The Labute approximate surface area is 80.4 Å². The number of hydrogen-bond acceptors (Lipinski definition) is 2. The van der Waals surface area contributed by atoms with Gasteiger partial charge in [0.1, 0.15) is 0 Å². The average Bonchev–Trinajstić information content (AvgIpc) is 2.65. The van der Waals surface area contributed by atoms with E-state index in [0.29, 0.717) is 6.04 Å². The lowest BCUT2D eigenvalue weighted by molar-refractivity contribution is 0.659. The summed E-state index contributed by atoms with van der Waals surface area (Å²) in [5, 5.41) is 6.55. The SMILES string of the molecule is C=C(N/C=C/C=C/C)C1CCCN1. The molecule has 1 rings (SSSR count). The van der Waals surface area contributed by atoms with Crippen molar-refractivity contribution in [1.29, 1.82) is 0 Å². The second-order valence-electron chi connectivity index (χ2n) is 3.20. The van der Waals surface area contributed by atoms with E-state index in [1.54, 1.807) is 0 Å². The van der Waals surface area contributed by atoms with Crippen LogP contribution in [0.5, 0.6) is 0 Å². The summed E-state index contributed by atoms with van der Waals surface area (Å²) in [4.78, 5) is 0. The van der Waals surface area contributed by atoms with E-state index in [1.807, 2.05) is 31.4 Å². The summed E-state index contributed by atoms with van der Waals surface area (Å²) in [5.74, 6) is 0. The molecule has 2 nitrogen and oxygen atoms in total. The van der Waals surface area contributed by atoms with Gasteiger partial charge in [0.05, 0.1) is 0 Å². The van der Waals surface area contributed by atoms with Crippen LogP contribution in [0.3, 0.4) is 0 Å². The lowest BCUT2D eigenvalue weighted by Gasteiger charge is -2.12. The number of hydrogen-bond donors (Lipinski definition) is 2. The second-order valence-corrected chi connectivity index (χ2v) is 3.20. The van der Waals surface area contributed by atoms with Gasteiger partial charge in [-0.1, -0.05) is 18.7 Å². The highest BCUT2D eigenvalue weighted by Crippen LogP contribution is 2.10. The van der Waals surface area contributed by atoms with Gasteiger partial charge in [-0.15, -0.1) is 0 Å². The van der Waals surface area contributed by atoms with Gasteiger partial charge in [-0.3, -0.25) is 0 Å². The number of rotatable bonds is 4. The molecule has 0 aromatic rings. The highest BCUT2D eigenvalue weighted by Gasteiger charge is 2.15. The third-order valence-corrected chi connectivity index (χ3v) is 2.15. The Hall–Kier alpha value is -1.02. The molecule has 72 valence electrons. The summed E-state index contributed by atoms with van der Waals surface area (Å²) in [7, 11) is 0. The molecule has 0 spiro atoms. The van der Waals surface area contributed by atoms with Gasteiger partial charge >= 0.3 is 0 Å². The van der Waals surface area contributed by atoms with Gasteiger partial charge in [0, 0.05) is 17.9 Å². The molecule has 0 aromatic carbocycles. The van der Waals surface area contributed by atoms with Crippen molar-refractivity contribution >= 4 is 0 Å². The Morgan fingerprint density at radius 1 is 1.54 bits per heavy atom. The fraction of sp³-hybridized carbons (Fsp3) is 0.455. The van der Waals surface area contributed by atoms with Crippen LogP contribution in [0.2, 0.25) is 0 Å². The maximum atomic E-state index is 3.99. The van der Waals surface area contributed by atoms with Gasteiger partial charge < -0.3 is 10.6 Å². The van der Waals surface area contributed by atoms with Crippen LogP contribution in [0.25, 0.3) is 0 Å². The second kappa shape index (κ2) is 5.60. The van der Waals surface area contributed by atoms with Crippen molar-refractivity contribution in [3.8, 4) is 0 Å². The van der Waals surface area contributed by atoms with Crippen molar-refractivity contribution in [1.82, 2.24) is 10.6 Å². The van der Waals surface area contributed by atoms with Crippen LogP contribution >= 0.6 is 0 Å². The molecular formula is C11H18N2. The van der Waals surface area contributed by atoms with Crippen LogP contribution in [-0.2, 0) is 0 Å². The van der Waals surface area contributed by atoms with E-state index in [1.165, 1.54) is 12.8 Å². The molecule has 1 atom stereocenters. The molecule has 0 aromatic heterocycles. The third-order valence-electron chi connectivity index (χ3n) is 2.15. The van der Waals surface area contributed by atoms with Gasteiger partial charge in [0.25, 0.3) is 0 Å². The van der Waals surface area contributed by atoms with Crippen molar-refractivity contribution in [3.05, 3.63) is 36.7 Å². The maximum absolute atomic E-state index is 3.99. The Morgan fingerprint density at radius 3 is 3.00 bits per heavy atom. The van der Waals surface area contributed by atoms with Crippen LogP contribution in [0.4, 0.5) is 0 Å². The van der Waals surface area contributed by atoms with Crippen LogP contribution in [0.15, 0.2) is 36.7 Å². The Morgan fingerprint density at radius 2 is 2.38 bits per heavy atom. The summed E-state index contributed by atoms with van der Waals surface area (Å²) in [6, 6.07) is 0.454. The summed E-state index contributed by atoms with van der Waals surface area (Å²) in [6.07, 6.45) is 10.3. The number of allylic oxidation sites excluding steroid dienone is 3. The van der Waals surface area contributed by atoms with Gasteiger partial charge in [-0.2, -0.15) is 0 Å². The van der Waals surface area contributed by atoms with E-state index < -0.39 is 0 Å². The van der Waals surface area contributed by atoms with Crippen LogP contribution in [-0.4, -0.2) is 12.6 Å². The molecule has 2 heteroatoms. The summed E-state index contributed by atoms with van der Waals surface area (Å²) in [6.45, 7) is 7.10. The zero-order valence-corrected chi connectivity index (χ0v) is 8.22. The minimum Gasteiger partial charge on any atom is -0.364 e. The first-order chi connectivity index (χ1) is 6.34. The van der Waals surface area contributed by atoms with Crippen LogP contribution < -0.4 is 10.6 Å². The minimum atomic E-state index is 0.454. The predicted molar refractivity (Wildman–Crippen MR) is 57.3 cm³/mol. The lowest BCUT2D eigenvalue weighted by atomic mass is 10.2. The first-order valence-electron chi connectivity index (χ1n) is 4.81. The Kier molecular flexibility index (Phi) is 4.33. The predicted octanol–water partition coefficient (Wildman–Crippen LogP) is 1.93. The average molecular weight is 178 g/mol. The van der Waals surface area contributed by atoms with E-state index in [2.05, 4.69) is 17.2 Å². The summed E-state index contributed by atoms with van der Waals surface area (Å²) in [5.41, 5.74) is 1.07. The summed E-state index contributed by atoms with van der Waals surface area (Å²) < 4.78 is 0. The zero-order chi connectivity index (χ0) is 9.52. The zero-order valence-electron chi connectivity index (χ0n) is 8.22. The molecule has 0 saturated carbocycles. The molecule has 0 radical (unpaired) electrons. The maximum Gasteiger partial charge on any atom is 0.0467 e. The van der Waals surface area contributed by atoms with E-state index in [-0.39, 0.29) is 0 Å². The standard InChI is InChI=1S/C11H18N2/c1-3-4-5-8-12-10(2)11-7-6-9-13-11/h3-5,8,11-13H,2,6-7,9H2,1H3/b4-3+,8-5+. The van der Waals surface area contributed by atoms with E-state index >= 15 is 0 Å². The summed E-state index contributed by atoms with van der Waals surface area (Å²) >= 11 is 0. The Balaban J connectivity index is 2.24. The Bertz CT molecular complexity index is 210. The fourth-order valence-electron chi connectivity index (χ4n) is 1.40. The normalized spacial score (nSPS) is 23.0. The van der Waals surface area contributed by atoms with Crippen molar-refractivity contribution in [2.75, 3.05) is 6.54 Å². The molecule has 1 aliphatic rings. The third kappa shape index (κ3) is 3.47. The molecular weight excluding hydrogens is 160 g/mol. The largest absolute Gasteiger partial charge is 0.364 e. The molecule has 1 unspecified atom stereocenters. The van der Waals surface area contributed by atoms with Crippen molar-refractivity contribution in [3.63, 3.8) is 0 Å². The first-order valence-corrected chi connectivity index (χ1v) is 4.81. The minimum absolute atomic E-state index is 0.454. The van der Waals surface area contributed by atoms with E-state index in [9.17, 15) is 0 Å². The quantitative estimate of drug-likeness (QED) is 0.643. The number of nitrogens with one attached hydrogen (secondary N) is 2. The first kappa shape index (κ1) is 10.1. The monoisotopic (exact) mass is 178 g/mol. The lowest BCUT2D eigenvalue weighted by Crippen LogP contribution is -2.28. The smallest absolute Gasteiger partial charge is 0.0467 e. The van der Waals surface area contributed by atoms with Crippen molar-refractivity contribution < 1.29 is 0 Å². The van der Waals surface area contributed by atoms with E-state index in [4.69, 9.17) is 0 Å². The van der Waals surface area contributed by atoms with Crippen molar-refractivity contribution in [2.45, 2.75) is 25.8 Å². The fourth-order valence-corrected chi connectivity index (χ4v) is 1.40. The molecule has 1 fully saturated rings. The molecule has 0 amide bonds. The molecule has 1 saturated heterocycles. The molecule has 13 heavy (non-hydrogen) atoms. The highest BCUT2D eigenvalue weighted by molar-refractivity contribution is 5.10. The molecule has 0 aliphatic carbocycles. The van der Waals surface area contributed by atoms with Crippen LogP contribution in [0, 0.1) is 0 Å². The van der Waals surface area contributed by atoms with Crippen molar-refractivity contribution in [2.24, 2.45) is 0 Å².